The first-order chi connectivity index (χ1) is 10.7. The Morgan fingerprint density at radius 1 is 1.32 bits per heavy atom. The van der Waals surface area contributed by atoms with E-state index in [1.165, 1.54) is 4.68 Å². The van der Waals surface area contributed by atoms with Crippen LogP contribution in [0.25, 0.3) is 10.9 Å². The molecule has 0 saturated carbocycles. The molecule has 2 N–H and O–H groups in total. The van der Waals surface area contributed by atoms with Gasteiger partial charge in [-0.25, -0.2) is 4.68 Å². The zero-order valence-corrected chi connectivity index (χ0v) is 12.3. The number of carbonyl (C=O) groups excluding carboxylic acids is 1. The van der Waals surface area contributed by atoms with Gasteiger partial charge in [0.15, 0.2) is 0 Å². The molecule has 1 aromatic carbocycles. The molecule has 1 fully saturated rings. The molecule has 0 atom stereocenters. The number of fused-ring (bicyclic) bond motifs is 1. The lowest BCUT2D eigenvalue weighted by atomic mass is 10.1. The molecule has 116 valence electrons. The normalized spacial score (nSPS) is 15.8. The summed E-state index contributed by atoms with van der Waals surface area (Å²) in [6, 6.07) is 7.30. The molecule has 0 unspecified atom stereocenters. The summed E-state index contributed by atoms with van der Waals surface area (Å²) in [7, 11) is 0. The summed E-state index contributed by atoms with van der Waals surface area (Å²) >= 11 is 0. The molecule has 7 heteroatoms. The number of nitrogens with one attached hydrogen (secondary N) is 2. The van der Waals surface area contributed by atoms with Gasteiger partial charge in [-0.05, 0) is 38.1 Å². The van der Waals surface area contributed by atoms with Gasteiger partial charge in [-0.15, -0.1) is 5.10 Å². The van der Waals surface area contributed by atoms with Crippen LogP contribution >= 0.6 is 0 Å². The Labute approximate surface area is 127 Å². The third-order valence-corrected chi connectivity index (χ3v) is 3.88. The van der Waals surface area contributed by atoms with Gasteiger partial charge in [-0.3, -0.25) is 9.59 Å². The average molecular weight is 301 g/mol. The van der Waals surface area contributed by atoms with Crippen molar-refractivity contribution in [1.29, 1.82) is 0 Å². The fraction of sp³-hybridized carbons (Fsp3) is 0.467. The Balaban J connectivity index is 1.62. The van der Waals surface area contributed by atoms with Crippen molar-refractivity contribution in [2.75, 3.05) is 13.1 Å². The third kappa shape index (κ3) is 3.30. The number of nitrogens with zero attached hydrogens (tertiary/aromatic N) is 3. The SMILES string of the molecule is O=C(CCn1nnc2ccccc2c1=O)NC1CCNCC1. The Kier molecular flexibility index (Phi) is 4.43. The van der Waals surface area contributed by atoms with Gasteiger partial charge in [0.25, 0.3) is 5.56 Å². The fourth-order valence-corrected chi connectivity index (χ4v) is 2.64. The molecule has 1 aromatic heterocycles. The molecule has 0 spiro atoms. The van der Waals surface area contributed by atoms with E-state index in [4.69, 9.17) is 0 Å². The molecule has 0 aliphatic carbocycles. The van der Waals surface area contributed by atoms with Gasteiger partial charge in [0.1, 0.15) is 5.52 Å². The van der Waals surface area contributed by atoms with Crippen LogP contribution in [-0.4, -0.2) is 40.0 Å². The van der Waals surface area contributed by atoms with E-state index in [1.54, 1.807) is 18.2 Å². The van der Waals surface area contributed by atoms with Gasteiger partial charge < -0.3 is 10.6 Å². The molecule has 1 aliphatic rings. The zero-order valence-electron chi connectivity index (χ0n) is 12.3. The summed E-state index contributed by atoms with van der Waals surface area (Å²) in [4.78, 5) is 24.2. The van der Waals surface area contributed by atoms with Crippen LogP contribution in [0.15, 0.2) is 29.1 Å². The van der Waals surface area contributed by atoms with Gasteiger partial charge in [0.2, 0.25) is 5.91 Å². The maximum Gasteiger partial charge on any atom is 0.277 e. The Hall–Kier alpha value is -2.28. The van der Waals surface area contributed by atoms with E-state index in [2.05, 4.69) is 20.9 Å². The Bertz CT molecular complexity index is 721. The largest absolute Gasteiger partial charge is 0.353 e. The Morgan fingerprint density at radius 3 is 2.91 bits per heavy atom. The summed E-state index contributed by atoms with van der Waals surface area (Å²) in [5.74, 6) is -0.0474. The molecule has 1 saturated heterocycles. The molecule has 1 amide bonds. The van der Waals surface area contributed by atoms with Crippen LogP contribution in [0.4, 0.5) is 0 Å². The summed E-state index contributed by atoms with van der Waals surface area (Å²) in [5, 5.41) is 14.7. The molecule has 2 heterocycles. The van der Waals surface area contributed by atoms with Crippen molar-refractivity contribution in [3.05, 3.63) is 34.6 Å². The lowest BCUT2D eigenvalue weighted by Gasteiger charge is -2.23. The second-order valence-electron chi connectivity index (χ2n) is 5.48. The highest BCUT2D eigenvalue weighted by molar-refractivity contribution is 5.77. The second kappa shape index (κ2) is 6.65. The summed E-state index contributed by atoms with van der Waals surface area (Å²) < 4.78 is 1.25. The van der Waals surface area contributed by atoms with Crippen LogP contribution < -0.4 is 16.2 Å². The van der Waals surface area contributed by atoms with Crippen LogP contribution in [0, 0.1) is 0 Å². The first-order valence-electron chi connectivity index (χ1n) is 7.56. The van der Waals surface area contributed by atoms with Gasteiger partial charge in [-0.1, -0.05) is 17.3 Å². The van der Waals surface area contributed by atoms with Crippen LogP contribution in [0.1, 0.15) is 19.3 Å². The van der Waals surface area contributed by atoms with Crippen molar-refractivity contribution in [3.8, 4) is 0 Å². The van der Waals surface area contributed by atoms with Crippen molar-refractivity contribution in [3.63, 3.8) is 0 Å². The highest BCUT2D eigenvalue weighted by Gasteiger charge is 2.15. The molecule has 0 radical (unpaired) electrons. The topological polar surface area (TPSA) is 88.9 Å². The van der Waals surface area contributed by atoms with Crippen molar-refractivity contribution in [2.24, 2.45) is 0 Å². The minimum Gasteiger partial charge on any atom is -0.353 e. The maximum atomic E-state index is 12.3. The maximum absolute atomic E-state index is 12.3. The van der Waals surface area contributed by atoms with Crippen LogP contribution in [0.3, 0.4) is 0 Å². The van der Waals surface area contributed by atoms with Gasteiger partial charge in [-0.2, -0.15) is 0 Å². The predicted molar refractivity (Wildman–Crippen MR) is 82.4 cm³/mol. The molecule has 22 heavy (non-hydrogen) atoms. The summed E-state index contributed by atoms with van der Waals surface area (Å²) in [6.07, 6.45) is 2.12. The van der Waals surface area contributed by atoms with Crippen molar-refractivity contribution >= 4 is 16.8 Å². The predicted octanol–water partition coefficient (Wildman–Crippen LogP) is 0.0498. The van der Waals surface area contributed by atoms with E-state index in [1.807, 2.05) is 6.07 Å². The lowest BCUT2D eigenvalue weighted by Crippen LogP contribution is -2.43. The minimum atomic E-state index is -0.208. The van der Waals surface area contributed by atoms with Crippen LogP contribution in [0.2, 0.25) is 0 Å². The quantitative estimate of drug-likeness (QED) is 0.833. The standard InChI is InChI=1S/C15H19N5O2/c21-14(17-11-5-8-16-9-6-11)7-10-20-15(22)12-3-1-2-4-13(12)18-19-20/h1-4,11,16H,5-10H2,(H,17,21). The van der Waals surface area contributed by atoms with Crippen molar-refractivity contribution in [1.82, 2.24) is 25.6 Å². The molecule has 7 nitrogen and oxygen atoms in total. The first-order valence-corrected chi connectivity index (χ1v) is 7.56. The average Bonchev–Trinajstić information content (AvgIpc) is 2.55. The monoisotopic (exact) mass is 301 g/mol. The Morgan fingerprint density at radius 2 is 2.09 bits per heavy atom. The number of amides is 1. The fourth-order valence-electron chi connectivity index (χ4n) is 2.64. The number of hydrogen-bond acceptors (Lipinski definition) is 5. The number of aromatic nitrogens is 3. The molecular weight excluding hydrogens is 282 g/mol. The van der Waals surface area contributed by atoms with E-state index in [0.717, 1.165) is 25.9 Å². The van der Waals surface area contributed by atoms with E-state index in [9.17, 15) is 9.59 Å². The number of rotatable bonds is 4. The van der Waals surface area contributed by atoms with Crippen LogP contribution in [0.5, 0.6) is 0 Å². The van der Waals surface area contributed by atoms with Gasteiger partial charge >= 0.3 is 0 Å². The molecule has 3 rings (SSSR count). The van der Waals surface area contributed by atoms with E-state index >= 15 is 0 Å². The zero-order chi connectivity index (χ0) is 15.4. The van der Waals surface area contributed by atoms with Crippen LogP contribution in [-0.2, 0) is 11.3 Å². The second-order valence-corrected chi connectivity index (χ2v) is 5.48. The van der Waals surface area contributed by atoms with Crippen molar-refractivity contribution < 1.29 is 4.79 Å². The number of benzene rings is 1. The third-order valence-electron chi connectivity index (χ3n) is 3.88. The molecule has 1 aliphatic heterocycles. The number of carbonyl (C=O) groups is 1. The van der Waals surface area contributed by atoms with Gasteiger partial charge in [0, 0.05) is 12.5 Å². The molecule has 2 aromatic rings. The highest BCUT2D eigenvalue weighted by atomic mass is 16.2. The minimum absolute atomic E-state index is 0.0474. The van der Waals surface area contributed by atoms with Crippen molar-refractivity contribution in [2.45, 2.75) is 31.8 Å². The van der Waals surface area contributed by atoms with E-state index in [0.29, 0.717) is 10.9 Å². The number of piperidine rings is 1. The number of aryl methyl sites for hydroxylation is 1. The number of hydrogen-bond donors (Lipinski definition) is 2. The van der Waals surface area contributed by atoms with Gasteiger partial charge in [0.05, 0.1) is 11.9 Å². The molecule has 0 bridgehead atoms. The lowest BCUT2D eigenvalue weighted by molar-refractivity contribution is -0.122. The van der Waals surface area contributed by atoms with E-state index < -0.39 is 0 Å². The summed E-state index contributed by atoms with van der Waals surface area (Å²) in [6.45, 7) is 2.11. The molecular formula is C15H19N5O2. The first kappa shape index (κ1) is 14.6. The smallest absolute Gasteiger partial charge is 0.277 e. The highest BCUT2D eigenvalue weighted by Crippen LogP contribution is 2.04. The van der Waals surface area contributed by atoms with E-state index in [-0.39, 0.29) is 30.5 Å². The summed E-state index contributed by atoms with van der Waals surface area (Å²) in [5.41, 5.74) is 0.364.